The van der Waals surface area contributed by atoms with Gasteiger partial charge >= 0.3 is 0 Å². The molecule has 7 heteroatoms. The number of nitrogens with zero attached hydrogens (tertiary/aromatic N) is 3. The second-order valence-corrected chi connectivity index (χ2v) is 9.06. The Balaban J connectivity index is 1.52. The summed E-state index contributed by atoms with van der Waals surface area (Å²) in [5, 5.41) is 11.2. The van der Waals surface area contributed by atoms with Gasteiger partial charge in [-0.1, -0.05) is 36.8 Å². The van der Waals surface area contributed by atoms with Gasteiger partial charge in [0.15, 0.2) is 0 Å². The van der Waals surface area contributed by atoms with Gasteiger partial charge in [0.1, 0.15) is 11.5 Å². The fraction of sp³-hybridized carbons (Fsp3) is 0.423. The van der Waals surface area contributed by atoms with E-state index < -0.39 is 0 Å². The van der Waals surface area contributed by atoms with Crippen molar-refractivity contribution >= 4 is 16.9 Å². The molecule has 1 aliphatic rings. The van der Waals surface area contributed by atoms with Crippen LogP contribution in [0, 0.1) is 5.41 Å². The van der Waals surface area contributed by atoms with Crippen molar-refractivity contribution in [2.75, 3.05) is 19.6 Å². The topological polar surface area (TPSA) is 100 Å². The second-order valence-electron chi connectivity index (χ2n) is 9.06. The summed E-state index contributed by atoms with van der Waals surface area (Å²) in [6.45, 7) is 8.43. The lowest BCUT2D eigenvalue weighted by Crippen LogP contribution is -2.55. The molecule has 0 amide bonds. The Labute approximate surface area is 195 Å². The molecule has 4 rings (SSSR count). The van der Waals surface area contributed by atoms with Crippen molar-refractivity contribution < 1.29 is 0 Å². The van der Waals surface area contributed by atoms with Crippen molar-refractivity contribution in [3.05, 3.63) is 64.4 Å². The molecule has 1 aliphatic heterocycles. The number of nitrogens with one attached hydrogen (secondary N) is 2. The number of para-hydroxylation sites is 2. The third-order valence-electron chi connectivity index (χ3n) is 6.61. The standard InChI is InChI=1S/C26H34N6O/c1-18-16-29-17-19(2)31(18)13-6-3-7-14-32-23-12-5-4-11-22(23)30-24(26(32)33)20-9-8-10-21(15-20)25(27)28/h4-5,8-12,15,18-19,29H,3,6-7,13-14,16-17H2,1-2H3,(H3,27,28). The van der Waals surface area contributed by atoms with Gasteiger partial charge in [0, 0.05) is 42.8 Å². The molecular weight excluding hydrogens is 412 g/mol. The first-order valence-corrected chi connectivity index (χ1v) is 11.9. The van der Waals surface area contributed by atoms with Crippen LogP contribution in [0.4, 0.5) is 0 Å². The summed E-state index contributed by atoms with van der Waals surface area (Å²) in [4.78, 5) is 20.7. The first-order chi connectivity index (χ1) is 16.0. The van der Waals surface area contributed by atoms with Crippen LogP contribution in [0.3, 0.4) is 0 Å². The van der Waals surface area contributed by atoms with Gasteiger partial charge in [0.25, 0.3) is 5.56 Å². The number of fused-ring (bicyclic) bond motifs is 1. The Morgan fingerprint density at radius 2 is 1.79 bits per heavy atom. The molecule has 4 N–H and O–H groups in total. The molecule has 1 fully saturated rings. The average Bonchev–Trinajstić information content (AvgIpc) is 2.81. The number of aromatic nitrogens is 2. The molecule has 0 saturated carbocycles. The monoisotopic (exact) mass is 446 g/mol. The van der Waals surface area contributed by atoms with E-state index in [9.17, 15) is 4.79 Å². The average molecular weight is 447 g/mol. The van der Waals surface area contributed by atoms with Gasteiger partial charge in [-0.15, -0.1) is 0 Å². The number of hydrogen-bond acceptors (Lipinski definition) is 5. The smallest absolute Gasteiger partial charge is 0.277 e. The van der Waals surface area contributed by atoms with Crippen LogP contribution < -0.4 is 16.6 Å². The minimum Gasteiger partial charge on any atom is -0.384 e. The Morgan fingerprint density at radius 3 is 2.55 bits per heavy atom. The molecular formula is C26H34N6O. The van der Waals surface area contributed by atoms with Crippen molar-refractivity contribution in [2.24, 2.45) is 5.73 Å². The van der Waals surface area contributed by atoms with Gasteiger partial charge in [-0.3, -0.25) is 15.1 Å². The summed E-state index contributed by atoms with van der Waals surface area (Å²) in [5.41, 5.74) is 8.89. The van der Waals surface area contributed by atoms with Crippen molar-refractivity contribution in [3.63, 3.8) is 0 Å². The lowest BCUT2D eigenvalue weighted by Gasteiger charge is -2.39. The van der Waals surface area contributed by atoms with E-state index in [0.717, 1.165) is 49.9 Å². The summed E-state index contributed by atoms with van der Waals surface area (Å²) in [6, 6.07) is 16.1. The maximum Gasteiger partial charge on any atom is 0.277 e. The second kappa shape index (κ2) is 10.3. The van der Waals surface area contributed by atoms with Gasteiger partial charge in [0.05, 0.1) is 11.0 Å². The van der Waals surface area contributed by atoms with Crippen LogP contribution in [0.15, 0.2) is 53.3 Å². The van der Waals surface area contributed by atoms with E-state index in [1.807, 2.05) is 41.0 Å². The molecule has 2 atom stereocenters. The first kappa shape index (κ1) is 23.1. The van der Waals surface area contributed by atoms with E-state index in [-0.39, 0.29) is 11.4 Å². The third kappa shape index (κ3) is 5.15. The first-order valence-electron chi connectivity index (χ1n) is 11.9. The molecule has 0 radical (unpaired) electrons. The minimum atomic E-state index is -0.0984. The van der Waals surface area contributed by atoms with Crippen LogP contribution in [0.2, 0.25) is 0 Å². The van der Waals surface area contributed by atoms with Gasteiger partial charge in [-0.05, 0) is 51.4 Å². The fourth-order valence-electron chi connectivity index (χ4n) is 4.79. The Morgan fingerprint density at radius 1 is 1.06 bits per heavy atom. The van der Waals surface area contributed by atoms with E-state index in [1.54, 1.807) is 12.1 Å². The van der Waals surface area contributed by atoms with Crippen LogP contribution in [0.25, 0.3) is 22.3 Å². The Kier molecular flexibility index (Phi) is 7.20. The van der Waals surface area contributed by atoms with Crippen LogP contribution in [-0.2, 0) is 6.54 Å². The number of benzene rings is 2. The number of hydrogen-bond donors (Lipinski definition) is 3. The van der Waals surface area contributed by atoms with Crippen molar-refractivity contribution in [3.8, 4) is 11.3 Å². The van der Waals surface area contributed by atoms with E-state index in [4.69, 9.17) is 11.1 Å². The summed E-state index contributed by atoms with van der Waals surface area (Å²) in [7, 11) is 0. The molecule has 1 aromatic heterocycles. The maximum atomic E-state index is 13.5. The van der Waals surface area contributed by atoms with Crippen molar-refractivity contribution in [1.82, 2.24) is 19.8 Å². The summed E-state index contributed by atoms with van der Waals surface area (Å²) < 4.78 is 1.86. The lowest BCUT2D eigenvalue weighted by molar-refractivity contribution is 0.114. The van der Waals surface area contributed by atoms with Crippen LogP contribution in [-0.4, -0.2) is 52.0 Å². The van der Waals surface area contributed by atoms with Gasteiger partial charge in [-0.25, -0.2) is 4.98 Å². The van der Waals surface area contributed by atoms with E-state index >= 15 is 0 Å². The van der Waals surface area contributed by atoms with Crippen molar-refractivity contribution in [1.29, 1.82) is 5.41 Å². The normalized spacial score (nSPS) is 19.1. The highest BCUT2D eigenvalue weighted by Gasteiger charge is 2.23. The molecule has 0 aliphatic carbocycles. The zero-order chi connectivity index (χ0) is 23.4. The number of nitrogens with two attached hydrogens (primary N) is 1. The van der Waals surface area contributed by atoms with Gasteiger partial charge in [-0.2, -0.15) is 0 Å². The molecule has 2 unspecified atom stereocenters. The van der Waals surface area contributed by atoms with Gasteiger partial charge in [0.2, 0.25) is 0 Å². The molecule has 2 heterocycles. The summed E-state index contributed by atoms with van der Waals surface area (Å²) in [5.74, 6) is -0.0221. The molecule has 174 valence electrons. The molecule has 0 bridgehead atoms. The number of amidine groups is 1. The number of nitrogen functional groups attached to an aromatic ring is 1. The quantitative estimate of drug-likeness (QED) is 0.280. The van der Waals surface area contributed by atoms with E-state index in [0.29, 0.717) is 35.4 Å². The zero-order valence-electron chi connectivity index (χ0n) is 19.6. The number of rotatable bonds is 8. The lowest BCUT2D eigenvalue weighted by atomic mass is 10.1. The fourth-order valence-corrected chi connectivity index (χ4v) is 4.79. The molecule has 0 spiro atoms. The predicted molar refractivity (Wildman–Crippen MR) is 135 cm³/mol. The van der Waals surface area contributed by atoms with Crippen LogP contribution in [0.5, 0.6) is 0 Å². The van der Waals surface area contributed by atoms with E-state index in [1.165, 1.54) is 0 Å². The molecule has 33 heavy (non-hydrogen) atoms. The Hall–Kier alpha value is -3.03. The largest absolute Gasteiger partial charge is 0.384 e. The molecule has 1 saturated heterocycles. The van der Waals surface area contributed by atoms with Gasteiger partial charge < -0.3 is 15.6 Å². The highest BCUT2D eigenvalue weighted by molar-refractivity contribution is 5.96. The summed E-state index contributed by atoms with van der Waals surface area (Å²) in [6.07, 6.45) is 3.14. The van der Waals surface area contributed by atoms with E-state index in [2.05, 4.69) is 29.0 Å². The molecule has 2 aromatic carbocycles. The molecule has 7 nitrogen and oxygen atoms in total. The summed E-state index contributed by atoms with van der Waals surface area (Å²) >= 11 is 0. The SMILES string of the molecule is CC1CNCC(C)N1CCCCCn1c(=O)c(-c2cccc(C(=N)N)c2)nc2ccccc21. The van der Waals surface area contributed by atoms with Crippen LogP contribution in [0.1, 0.15) is 38.7 Å². The number of unbranched alkanes of at least 4 members (excludes halogenated alkanes) is 2. The number of piperazine rings is 1. The highest BCUT2D eigenvalue weighted by atomic mass is 16.1. The minimum absolute atomic E-state index is 0.0221. The Bertz CT molecular complexity index is 1180. The number of aryl methyl sites for hydroxylation is 1. The molecule has 3 aromatic rings. The zero-order valence-corrected chi connectivity index (χ0v) is 19.6. The van der Waals surface area contributed by atoms with Crippen molar-refractivity contribution in [2.45, 2.75) is 51.7 Å². The maximum absolute atomic E-state index is 13.5. The third-order valence-corrected chi connectivity index (χ3v) is 6.61. The van der Waals surface area contributed by atoms with Crippen LogP contribution >= 0.6 is 0 Å². The highest BCUT2D eigenvalue weighted by Crippen LogP contribution is 2.20. The predicted octanol–water partition coefficient (Wildman–Crippen LogP) is 3.20.